The average molecular weight is 428 g/mol. The summed E-state index contributed by atoms with van der Waals surface area (Å²) >= 11 is 0. The van der Waals surface area contributed by atoms with E-state index in [1.165, 1.54) is 12.1 Å². The van der Waals surface area contributed by atoms with Gasteiger partial charge in [-0.2, -0.15) is 5.10 Å². The molecule has 0 saturated carbocycles. The monoisotopic (exact) mass is 427 g/mol. The Morgan fingerprint density at radius 2 is 2.10 bits per heavy atom. The number of nitrogens with one attached hydrogen (secondary N) is 2. The minimum absolute atomic E-state index is 0.217. The predicted molar refractivity (Wildman–Crippen MR) is 117 cm³/mol. The highest BCUT2D eigenvalue weighted by molar-refractivity contribution is 5.69. The van der Waals surface area contributed by atoms with Gasteiger partial charge < -0.3 is 15.6 Å². The summed E-state index contributed by atoms with van der Waals surface area (Å²) in [5.41, 5.74) is 4.51. The van der Waals surface area contributed by atoms with E-state index in [-0.39, 0.29) is 5.92 Å². The number of aromatic nitrogens is 3. The highest BCUT2D eigenvalue weighted by Crippen LogP contribution is 2.42. The highest BCUT2D eigenvalue weighted by atomic mass is 19.1. The second-order valence-electron chi connectivity index (χ2n) is 8.31. The summed E-state index contributed by atoms with van der Waals surface area (Å²) in [6.07, 6.45) is 6.85. The Kier molecular flexibility index (Phi) is 5.53. The van der Waals surface area contributed by atoms with Gasteiger partial charge >= 0.3 is 0 Å². The van der Waals surface area contributed by atoms with E-state index in [1.54, 1.807) is 16.9 Å². The standard InChI is InChI=1S/C22H27F2N7/c1-14(2)18(29-25)12-26-19-13-27-31-10-7-20(28-21(19)31)30-9-4-8-22(30,3)16-11-15(23)5-6-17(16)24/h5-7,10-14,26,29H,4,8-9,25H2,1-3H3/b18-12-/t22-/m1/s1. The molecule has 7 nitrogen and oxygen atoms in total. The molecule has 3 heterocycles. The second kappa shape index (κ2) is 8.14. The van der Waals surface area contributed by atoms with E-state index in [9.17, 15) is 8.78 Å². The van der Waals surface area contributed by atoms with Crippen molar-refractivity contribution in [3.05, 3.63) is 65.8 Å². The molecular weight excluding hydrogens is 400 g/mol. The van der Waals surface area contributed by atoms with E-state index >= 15 is 0 Å². The van der Waals surface area contributed by atoms with Gasteiger partial charge in [0.05, 0.1) is 11.7 Å². The van der Waals surface area contributed by atoms with Gasteiger partial charge in [0.1, 0.15) is 23.1 Å². The van der Waals surface area contributed by atoms with E-state index in [4.69, 9.17) is 10.8 Å². The van der Waals surface area contributed by atoms with Gasteiger partial charge in [-0.25, -0.2) is 18.3 Å². The maximum Gasteiger partial charge on any atom is 0.180 e. The van der Waals surface area contributed by atoms with E-state index < -0.39 is 17.2 Å². The van der Waals surface area contributed by atoms with Gasteiger partial charge in [-0.05, 0) is 49.9 Å². The van der Waals surface area contributed by atoms with Crippen LogP contribution in [0.25, 0.3) is 5.65 Å². The van der Waals surface area contributed by atoms with Crippen LogP contribution in [0, 0.1) is 17.6 Å². The summed E-state index contributed by atoms with van der Waals surface area (Å²) in [4.78, 5) is 6.85. The molecule has 1 aliphatic heterocycles. The zero-order valence-corrected chi connectivity index (χ0v) is 17.9. The molecule has 1 saturated heterocycles. The summed E-state index contributed by atoms with van der Waals surface area (Å²) in [6, 6.07) is 5.47. The molecule has 9 heteroatoms. The van der Waals surface area contributed by atoms with Crippen LogP contribution in [0.2, 0.25) is 0 Å². The van der Waals surface area contributed by atoms with Crippen LogP contribution >= 0.6 is 0 Å². The Morgan fingerprint density at radius 1 is 1.29 bits per heavy atom. The number of allylic oxidation sites excluding steroid dienone is 1. The molecule has 0 amide bonds. The molecule has 2 aromatic heterocycles. The molecule has 1 atom stereocenters. The fraction of sp³-hybridized carbons (Fsp3) is 0.364. The van der Waals surface area contributed by atoms with Crippen molar-refractivity contribution in [2.75, 3.05) is 16.8 Å². The van der Waals surface area contributed by atoms with Gasteiger partial charge in [0.25, 0.3) is 0 Å². The Bertz CT molecular complexity index is 1120. The zero-order chi connectivity index (χ0) is 22.2. The normalized spacial score (nSPS) is 19.5. The molecule has 1 fully saturated rings. The minimum Gasteiger partial charge on any atom is -0.356 e. The fourth-order valence-corrected chi connectivity index (χ4v) is 4.16. The van der Waals surface area contributed by atoms with Gasteiger partial charge in [0.2, 0.25) is 0 Å². The number of hydrogen-bond donors (Lipinski definition) is 3. The minimum atomic E-state index is -0.695. The molecule has 164 valence electrons. The number of benzene rings is 1. The Morgan fingerprint density at radius 3 is 2.84 bits per heavy atom. The first-order valence-electron chi connectivity index (χ1n) is 10.3. The summed E-state index contributed by atoms with van der Waals surface area (Å²) < 4.78 is 30.2. The smallest absolute Gasteiger partial charge is 0.180 e. The zero-order valence-electron chi connectivity index (χ0n) is 17.9. The Hall–Kier alpha value is -3.20. The van der Waals surface area contributed by atoms with Gasteiger partial charge in [0, 0.05) is 30.2 Å². The first kappa shape index (κ1) is 21.0. The lowest BCUT2D eigenvalue weighted by molar-refractivity contribution is 0.451. The number of nitrogens with two attached hydrogens (primary N) is 1. The molecule has 0 spiro atoms. The van der Waals surface area contributed by atoms with Crippen molar-refractivity contribution in [3.63, 3.8) is 0 Å². The lowest BCUT2D eigenvalue weighted by atomic mass is 9.88. The third kappa shape index (κ3) is 3.81. The van der Waals surface area contributed by atoms with Crippen molar-refractivity contribution in [3.8, 4) is 0 Å². The topological polar surface area (TPSA) is 83.5 Å². The summed E-state index contributed by atoms with van der Waals surface area (Å²) in [6.45, 7) is 6.68. The van der Waals surface area contributed by atoms with Crippen LogP contribution in [0.1, 0.15) is 39.2 Å². The number of anilines is 2. The molecule has 0 unspecified atom stereocenters. The van der Waals surface area contributed by atoms with Gasteiger partial charge in [0.15, 0.2) is 5.65 Å². The van der Waals surface area contributed by atoms with E-state index in [1.807, 2.05) is 37.9 Å². The van der Waals surface area contributed by atoms with E-state index in [2.05, 4.69) is 15.8 Å². The van der Waals surface area contributed by atoms with E-state index in [0.717, 1.165) is 18.2 Å². The van der Waals surface area contributed by atoms with Crippen LogP contribution in [0.15, 0.2) is 48.6 Å². The molecule has 0 radical (unpaired) electrons. The molecule has 0 bridgehead atoms. The number of nitrogens with zero attached hydrogens (tertiary/aromatic N) is 4. The van der Waals surface area contributed by atoms with Crippen molar-refractivity contribution in [2.24, 2.45) is 11.8 Å². The van der Waals surface area contributed by atoms with Crippen LogP contribution in [-0.2, 0) is 5.54 Å². The van der Waals surface area contributed by atoms with Crippen molar-refractivity contribution >= 4 is 17.2 Å². The number of fused-ring (bicyclic) bond motifs is 1. The Balaban J connectivity index is 1.72. The third-order valence-corrected chi connectivity index (χ3v) is 5.95. The molecule has 4 rings (SSSR count). The van der Waals surface area contributed by atoms with E-state index in [0.29, 0.717) is 35.7 Å². The van der Waals surface area contributed by atoms with Gasteiger partial charge in [-0.1, -0.05) is 13.8 Å². The van der Waals surface area contributed by atoms with Crippen LogP contribution in [0.3, 0.4) is 0 Å². The number of hydrazine groups is 1. The highest BCUT2D eigenvalue weighted by Gasteiger charge is 2.41. The average Bonchev–Trinajstić information content (AvgIpc) is 3.33. The van der Waals surface area contributed by atoms with Crippen molar-refractivity contribution < 1.29 is 8.78 Å². The number of halogens is 2. The van der Waals surface area contributed by atoms with Crippen molar-refractivity contribution in [1.82, 2.24) is 20.0 Å². The summed E-state index contributed by atoms with van der Waals surface area (Å²) in [5.74, 6) is 5.62. The molecule has 31 heavy (non-hydrogen) atoms. The van der Waals surface area contributed by atoms with Gasteiger partial charge in [-0.3, -0.25) is 5.84 Å². The van der Waals surface area contributed by atoms with Crippen molar-refractivity contribution in [2.45, 2.75) is 39.2 Å². The molecule has 3 aromatic rings. The first-order valence-corrected chi connectivity index (χ1v) is 10.3. The van der Waals surface area contributed by atoms with Crippen LogP contribution < -0.4 is 21.5 Å². The first-order chi connectivity index (χ1) is 14.8. The second-order valence-corrected chi connectivity index (χ2v) is 8.31. The summed E-state index contributed by atoms with van der Waals surface area (Å²) in [7, 11) is 0. The third-order valence-electron chi connectivity index (χ3n) is 5.95. The van der Waals surface area contributed by atoms with Gasteiger partial charge in [-0.15, -0.1) is 0 Å². The van der Waals surface area contributed by atoms with Crippen LogP contribution in [0.5, 0.6) is 0 Å². The fourth-order valence-electron chi connectivity index (χ4n) is 4.16. The SMILES string of the molecule is CC(C)/C(=C/Nc1cnn2ccc(N3CCC[C@]3(C)c3cc(F)ccc3F)nc12)NN. The predicted octanol–water partition coefficient (Wildman–Crippen LogP) is 3.90. The van der Waals surface area contributed by atoms with Crippen molar-refractivity contribution in [1.29, 1.82) is 0 Å². The molecule has 0 aliphatic carbocycles. The molecule has 4 N–H and O–H groups in total. The number of hydrogen-bond acceptors (Lipinski definition) is 6. The maximum atomic E-state index is 14.6. The van der Waals surface area contributed by atoms with Crippen LogP contribution in [0.4, 0.5) is 20.3 Å². The maximum absolute atomic E-state index is 14.6. The quantitative estimate of drug-likeness (QED) is 0.409. The largest absolute Gasteiger partial charge is 0.356 e. The lowest BCUT2D eigenvalue weighted by Crippen LogP contribution is -2.40. The molecular formula is C22H27F2N7. The molecule has 1 aliphatic rings. The molecule has 1 aromatic carbocycles. The van der Waals surface area contributed by atoms with Crippen LogP contribution in [-0.4, -0.2) is 21.1 Å². The lowest BCUT2D eigenvalue weighted by Gasteiger charge is -2.37. The number of rotatable bonds is 6. The summed E-state index contributed by atoms with van der Waals surface area (Å²) in [5, 5.41) is 7.55. The Labute approximate surface area is 179 Å².